The summed E-state index contributed by atoms with van der Waals surface area (Å²) in [4.78, 5) is 40.0. The number of ether oxygens (including phenoxy) is 1. The van der Waals surface area contributed by atoms with Gasteiger partial charge >= 0.3 is 6.09 Å². The lowest BCUT2D eigenvalue weighted by Crippen LogP contribution is -2.52. The Morgan fingerprint density at radius 1 is 1.09 bits per heavy atom. The van der Waals surface area contributed by atoms with Crippen molar-refractivity contribution in [1.82, 2.24) is 15.5 Å². The van der Waals surface area contributed by atoms with E-state index in [1.165, 1.54) is 23.5 Å². The van der Waals surface area contributed by atoms with Crippen LogP contribution in [0.2, 0.25) is 0 Å². The lowest BCUT2D eigenvalue weighted by Gasteiger charge is -2.36. The minimum Gasteiger partial charge on any atom is -0.508 e. The zero-order valence-electron chi connectivity index (χ0n) is 19.8. The predicted molar refractivity (Wildman–Crippen MR) is 122 cm³/mol. The van der Waals surface area contributed by atoms with Crippen LogP contribution in [0, 0.1) is 0 Å². The molecule has 0 heterocycles. The van der Waals surface area contributed by atoms with Crippen molar-refractivity contribution in [3.63, 3.8) is 0 Å². The Kier molecular flexibility index (Phi) is 8.92. The lowest BCUT2D eigenvalue weighted by molar-refractivity contribution is -0.142. The molecule has 1 unspecified atom stereocenters. The molecule has 0 aromatic heterocycles. The van der Waals surface area contributed by atoms with Gasteiger partial charge in [-0.2, -0.15) is 0 Å². The van der Waals surface area contributed by atoms with Crippen LogP contribution in [0.25, 0.3) is 0 Å². The van der Waals surface area contributed by atoms with Gasteiger partial charge in [0.05, 0.1) is 0 Å². The molecule has 1 aliphatic rings. The Hall–Kier alpha value is -2.77. The van der Waals surface area contributed by atoms with Gasteiger partial charge in [-0.25, -0.2) is 4.79 Å². The largest absolute Gasteiger partial charge is 0.508 e. The third-order valence-corrected chi connectivity index (χ3v) is 5.31. The summed E-state index contributed by atoms with van der Waals surface area (Å²) in [6.07, 6.45) is 4.46. The van der Waals surface area contributed by atoms with Crippen molar-refractivity contribution < 1.29 is 24.2 Å². The molecular formula is C24H37N3O5. The number of phenolic OH excluding ortho intramolecular Hbond substituents is 1. The van der Waals surface area contributed by atoms with Gasteiger partial charge in [-0.3, -0.25) is 9.59 Å². The number of nitrogens with zero attached hydrogens (tertiary/aromatic N) is 1. The van der Waals surface area contributed by atoms with E-state index in [9.17, 15) is 19.5 Å². The zero-order chi connectivity index (χ0) is 23.9. The number of nitrogens with one attached hydrogen (secondary N) is 2. The van der Waals surface area contributed by atoms with Crippen molar-refractivity contribution in [2.45, 2.75) is 90.4 Å². The molecule has 1 saturated carbocycles. The Balaban J connectivity index is 2.23. The molecular weight excluding hydrogens is 410 g/mol. The molecule has 0 saturated heterocycles. The van der Waals surface area contributed by atoms with E-state index in [0.717, 1.165) is 25.7 Å². The molecule has 8 nitrogen and oxygen atoms in total. The third-order valence-electron chi connectivity index (χ3n) is 5.31. The van der Waals surface area contributed by atoms with E-state index in [-0.39, 0.29) is 30.3 Å². The summed E-state index contributed by atoms with van der Waals surface area (Å²) < 4.78 is 5.21. The minimum absolute atomic E-state index is 0.0780. The molecule has 1 aromatic carbocycles. The monoisotopic (exact) mass is 447 g/mol. The topological polar surface area (TPSA) is 108 Å². The smallest absolute Gasteiger partial charge is 0.408 e. The molecule has 0 spiro atoms. The molecule has 2 rings (SSSR count). The Morgan fingerprint density at radius 3 is 2.22 bits per heavy atom. The van der Waals surface area contributed by atoms with Crippen molar-refractivity contribution in [3.8, 4) is 5.75 Å². The van der Waals surface area contributed by atoms with Gasteiger partial charge in [0.15, 0.2) is 0 Å². The fourth-order valence-corrected chi connectivity index (χ4v) is 3.91. The lowest BCUT2D eigenvalue weighted by atomic mass is 9.94. The highest BCUT2D eigenvalue weighted by molar-refractivity contribution is 5.90. The van der Waals surface area contributed by atoms with E-state index in [4.69, 9.17) is 4.74 Å². The second-order valence-electron chi connectivity index (χ2n) is 9.59. The van der Waals surface area contributed by atoms with Crippen LogP contribution in [-0.2, 0) is 14.3 Å². The highest BCUT2D eigenvalue weighted by atomic mass is 16.6. The number of alkyl carbamates (subject to hydrolysis) is 1. The van der Waals surface area contributed by atoms with Crippen molar-refractivity contribution in [3.05, 3.63) is 29.8 Å². The molecule has 1 atom stereocenters. The first-order valence-electron chi connectivity index (χ1n) is 11.3. The fraction of sp³-hybridized carbons (Fsp3) is 0.625. The highest BCUT2D eigenvalue weighted by Crippen LogP contribution is 2.27. The minimum atomic E-state index is -0.884. The van der Waals surface area contributed by atoms with E-state index in [1.54, 1.807) is 32.9 Å². The van der Waals surface area contributed by atoms with Gasteiger partial charge in [-0.05, 0) is 65.2 Å². The average Bonchev–Trinajstić information content (AvgIpc) is 2.70. The maximum atomic E-state index is 13.4. The van der Waals surface area contributed by atoms with E-state index >= 15 is 0 Å². The van der Waals surface area contributed by atoms with Crippen LogP contribution in [0.15, 0.2) is 24.3 Å². The van der Waals surface area contributed by atoms with Crippen molar-refractivity contribution >= 4 is 17.9 Å². The van der Waals surface area contributed by atoms with Crippen LogP contribution in [0.1, 0.15) is 78.3 Å². The molecule has 3 N–H and O–H groups in total. The predicted octanol–water partition coefficient (Wildman–Crippen LogP) is 3.64. The molecule has 3 amide bonds. The van der Waals surface area contributed by atoms with Crippen molar-refractivity contribution in [2.24, 2.45) is 0 Å². The Labute approximate surface area is 190 Å². The molecule has 32 heavy (non-hydrogen) atoms. The highest BCUT2D eigenvalue weighted by Gasteiger charge is 2.34. The Morgan fingerprint density at radius 2 is 1.69 bits per heavy atom. The van der Waals surface area contributed by atoms with Crippen molar-refractivity contribution in [2.75, 3.05) is 6.54 Å². The van der Waals surface area contributed by atoms with Gasteiger partial charge in [0.2, 0.25) is 11.8 Å². The van der Waals surface area contributed by atoms with Gasteiger partial charge in [0.1, 0.15) is 23.9 Å². The van der Waals surface area contributed by atoms with Crippen LogP contribution < -0.4 is 10.6 Å². The average molecular weight is 448 g/mol. The van der Waals surface area contributed by atoms with E-state index in [1.807, 2.05) is 13.8 Å². The second kappa shape index (κ2) is 11.2. The van der Waals surface area contributed by atoms with Gasteiger partial charge in [-0.15, -0.1) is 0 Å². The number of carbonyl (C=O) groups excluding carboxylic acids is 3. The third kappa shape index (κ3) is 7.73. The number of amides is 3. The fourth-order valence-electron chi connectivity index (χ4n) is 3.91. The number of rotatable bonds is 7. The molecule has 1 aliphatic carbocycles. The molecule has 8 heteroatoms. The first-order chi connectivity index (χ1) is 15.0. The number of benzene rings is 1. The number of phenols is 1. The van der Waals surface area contributed by atoms with E-state index < -0.39 is 23.6 Å². The SMILES string of the molecule is CC(C)N(C(=O)CNC(=O)OC(C)(C)C)C(C(=O)NC1CCCCC1)c1ccc(O)cc1. The molecule has 1 aromatic rings. The summed E-state index contributed by atoms with van der Waals surface area (Å²) in [7, 11) is 0. The van der Waals surface area contributed by atoms with Crippen LogP contribution in [0.4, 0.5) is 4.79 Å². The first-order valence-corrected chi connectivity index (χ1v) is 11.3. The van der Waals surface area contributed by atoms with Gasteiger partial charge in [0, 0.05) is 12.1 Å². The summed E-state index contributed by atoms with van der Waals surface area (Å²) >= 11 is 0. The summed E-state index contributed by atoms with van der Waals surface area (Å²) in [6, 6.07) is 5.18. The number of hydrogen-bond acceptors (Lipinski definition) is 5. The Bertz CT molecular complexity index is 780. The van der Waals surface area contributed by atoms with E-state index in [2.05, 4.69) is 10.6 Å². The second-order valence-corrected chi connectivity index (χ2v) is 9.59. The normalized spacial score (nSPS) is 15.7. The zero-order valence-corrected chi connectivity index (χ0v) is 19.8. The molecule has 0 aliphatic heterocycles. The van der Waals surface area contributed by atoms with Gasteiger partial charge in [-0.1, -0.05) is 31.4 Å². The number of aromatic hydroxyl groups is 1. The number of carbonyl (C=O) groups is 3. The first kappa shape index (κ1) is 25.5. The molecule has 0 radical (unpaired) electrons. The molecule has 0 bridgehead atoms. The van der Waals surface area contributed by atoms with E-state index in [0.29, 0.717) is 5.56 Å². The molecule has 178 valence electrons. The van der Waals surface area contributed by atoms with Crippen molar-refractivity contribution in [1.29, 1.82) is 0 Å². The standard InChI is InChI=1S/C24H37N3O5/c1-16(2)27(20(29)15-25-23(31)32-24(3,4)5)21(17-11-13-19(28)14-12-17)22(30)26-18-9-7-6-8-10-18/h11-14,16,18,21,28H,6-10,15H2,1-5H3,(H,25,31)(H,26,30). The maximum absolute atomic E-state index is 13.4. The van der Waals surface area contributed by atoms with Crippen LogP contribution in [-0.4, -0.2) is 52.1 Å². The summed E-state index contributed by atoms with van der Waals surface area (Å²) in [6.45, 7) is 8.58. The number of hydrogen-bond donors (Lipinski definition) is 3. The van der Waals surface area contributed by atoms with Crippen LogP contribution >= 0.6 is 0 Å². The van der Waals surface area contributed by atoms with Gasteiger partial charge in [0.25, 0.3) is 0 Å². The van der Waals surface area contributed by atoms with Crippen LogP contribution in [0.5, 0.6) is 5.75 Å². The quantitative estimate of drug-likeness (QED) is 0.591. The summed E-state index contributed by atoms with van der Waals surface area (Å²) in [5.74, 6) is -0.584. The maximum Gasteiger partial charge on any atom is 0.408 e. The van der Waals surface area contributed by atoms with Gasteiger partial charge < -0.3 is 25.4 Å². The molecule has 1 fully saturated rings. The summed E-state index contributed by atoms with van der Waals surface area (Å²) in [5, 5.41) is 15.3. The summed E-state index contributed by atoms with van der Waals surface area (Å²) in [5.41, 5.74) is -0.0882. The van der Waals surface area contributed by atoms with Crippen LogP contribution in [0.3, 0.4) is 0 Å².